The van der Waals surface area contributed by atoms with Crippen LogP contribution in [0, 0.1) is 0 Å². The predicted molar refractivity (Wildman–Crippen MR) is 158 cm³/mol. The highest BCUT2D eigenvalue weighted by molar-refractivity contribution is 5.80. The second-order valence-electron chi connectivity index (χ2n) is 10.1. The van der Waals surface area contributed by atoms with E-state index in [1.54, 1.807) is 24.3 Å². The normalized spacial score (nSPS) is 12.2. The lowest BCUT2D eigenvalue weighted by molar-refractivity contribution is 0.193. The number of furan rings is 1. The van der Waals surface area contributed by atoms with E-state index in [1.165, 1.54) is 5.56 Å². The second-order valence-corrected chi connectivity index (χ2v) is 10.1. The summed E-state index contributed by atoms with van der Waals surface area (Å²) < 4.78 is 12.7. The quantitative estimate of drug-likeness (QED) is 0.237. The molecule has 10 heteroatoms. The van der Waals surface area contributed by atoms with Crippen LogP contribution in [0.5, 0.6) is 5.75 Å². The predicted octanol–water partition coefficient (Wildman–Crippen LogP) is 4.91. The van der Waals surface area contributed by atoms with Crippen molar-refractivity contribution < 1.29 is 9.15 Å². The van der Waals surface area contributed by atoms with Gasteiger partial charge in [0.25, 0.3) is 5.56 Å². The fourth-order valence-electron chi connectivity index (χ4n) is 5.20. The van der Waals surface area contributed by atoms with E-state index < -0.39 is 6.04 Å². The number of hydrogen-bond donors (Lipinski definition) is 1. The number of nitrogens with one attached hydrogen (secondary N) is 1. The topological polar surface area (TPSA) is 115 Å². The largest absolute Gasteiger partial charge is 0.497 e. The van der Waals surface area contributed by atoms with Gasteiger partial charge in [0.15, 0.2) is 5.82 Å². The molecule has 212 valence electrons. The molecule has 0 amide bonds. The number of aromatic nitrogens is 6. The summed E-state index contributed by atoms with van der Waals surface area (Å²) in [5.41, 5.74) is 4.35. The Morgan fingerprint density at radius 3 is 2.57 bits per heavy atom. The zero-order valence-electron chi connectivity index (χ0n) is 23.5. The molecule has 0 aliphatic heterocycles. The summed E-state index contributed by atoms with van der Waals surface area (Å²) in [4.78, 5) is 23.5. The van der Waals surface area contributed by atoms with E-state index in [0.717, 1.165) is 34.2 Å². The van der Waals surface area contributed by atoms with Crippen LogP contribution in [0.25, 0.3) is 10.9 Å². The second kappa shape index (κ2) is 12.2. The Kier molecular flexibility index (Phi) is 7.87. The van der Waals surface area contributed by atoms with Gasteiger partial charge < -0.3 is 14.1 Å². The number of hydrogen-bond acceptors (Lipinski definition) is 8. The molecule has 0 saturated carbocycles. The van der Waals surface area contributed by atoms with Gasteiger partial charge in [-0.2, -0.15) is 0 Å². The SMILES string of the molecule is CCc1ccc2[nH]c(=O)c([C@@H](c3nnnn3Cc3ccco3)N(Cc3ccc(OC)cc3)Cc3cccnc3)cc2c1. The molecule has 2 aromatic carbocycles. The summed E-state index contributed by atoms with van der Waals surface area (Å²) in [6.45, 7) is 3.43. The number of aromatic amines is 1. The van der Waals surface area contributed by atoms with Gasteiger partial charge in [-0.1, -0.05) is 31.2 Å². The Hall–Kier alpha value is -5.09. The molecule has 0 bridgehead atoms. The number of fused-ring (bicyclic) bond motifs is 1. The highest BCUT2D eigenvalue weighted by Crippen LogP contribution is 2.31. The zero-order chi connectivity index (χ0) is 28.9. The number of rotatable bonds is 11. The average Bonchev–Trinajstić information content (AvgIpc) is 3.71. The van der Waals surface area contributed by atoms with Crippen molar-refractivity contribution >= 4 is 10.9 Å². The van der Waals surface area contributed by atoms with Crippen molar-refractivity contribution in [2.45, 2.75) is 39.0 Å². The number of tetrazole rings is 1. The third kappa shape index (κ3) is 5.84. The first-order valence-electron chi connectivity index (χ1n) is 13.8. The van der Waals surface area contributed by atoms with Crippen LogP contribution in [0.2, 0.25) is 0 Å². The summed E-state index contributed by atoms with van der Waals surface area (Å²) in [6.07, 6.45) is 6.09. The first-order valence-corrected chi connectivity index (χ1v) is 13.8. The highest BCUT2D eigenvalue weighted by Gasteiger charge is 2.31. The lowest BCUT2D eigenvalue weighted by Gasteiger charge is -2.31. The van der Waals surface area contributed by atoms with E-state index >= 15 is 0 Å². The van der Waals surface area contributed by atoms with Gasteiger partial charge in [0, 0.05) is 36.6 Å². The van der Waals surface area contributed by atoms with Gasteiger partial charge in [0.2, 0.25) is 0 Å². The maximum atomic E-state index is 13.8. The third-order valence-corrected chi connectivity index (χ3v) is 7.35. The molecule has 0 aliphatic rings. The maximum Gasteiger partial charge on any atom is 0.253 e. The van der Waals surface area contributed by atoms with Crippen molar-refractivity contribution in [3.63, 3.8) is 0 Å². The molecule has 0 radical (unpaired) electrons. The number of methoxy groups -OCH3 is 1. The standard InChI is InChI=1S/C32H31N7O3/c1-3-22-10-13-29-25(16-22)17-28(32(40)34-29)30(31-35-36-37-39(31)21-27-7-5-15-42-27)38(20-24-6-4-14-33-18-24)19-23-8-11-26(41-2)12-9-23/h4-18,30H,3,19-21H2,1-2H3,(H,34,40)/t30-/m0/s1. The lowest BCUT2D eigenvalue weighted by atomic mass is 10.0. The molecule has 0 aliphatic carbocycles. The Labute approximate surface area is 242 Å². The van der Waals surface area contributed by atoms with E-state index in [-0.39, 0.29) is 5.56 Å². The molecule has 6 rings (SSSR count). The molecule has 10 nitrogen and oxygen atoms in total. The van der Waals surface area contributed by atoms with E-state index in [0.29, 0.717) is 36.8 Å². The molecule has 4 aromatic heterocycles. The number of pyridine rings is 2. The van der Waals surface area contributed by atoms with Crippen LogP contribution in [0.15, 0.2) is 101 Å². The van der Waals surface area contributed by atoms with Gasteiger partial charge in [-0.25, -0.2) is 4.68 Å². The molecule has 0 saturated heterocycles. The molecule has 4 heterocycles. The van der Waals surface area contributed by atoms with Crippen molar-refractivity contribution in [3.8, 4) is 5.75 Å². The molecular weight excluding hydrogens is 530 g/mol. The summed E-state index contributed by atoms with van der Waals surface area (Å²) in [7, 11) is 1.65. The summed E-state index contributed by atoms with van der Waals surface area (Å²) in [5, 5.41) is 13.8. The van der Waals surface area contributed by atoms with Crippen molar-refractivity contribution in [2.24, 2.45) is 0 Å². The number of nitrogens with zero attached hydrogens (tertiary/aromatic N) is 6. The molecule has 0 fully saturated rings. The molecule has 6 aromatic rings. The van der Waals surface area contributed by atoms with Crippen molar-refractivity contribution in [1.82, 2.24) is 35.1 Å². The van der Waals surface area contributed by atoms with E-state index in [1.807, 2.05) is 72.9 Å². The van der Waals surface area contributed by atoms with E-state index in [4.69, 9.17) is 9.15 Å². The number of aryl methyl sites for hydroxylation is 1. The fourth-order valence-corrected chi connectivity index (χ4v) is 5.20. The fraction of sp³-hybridized carbons (Fsp3) is 0.219. The molecule has 1 N–H and O–H groups in total. The molecule has 1 atom stereocenters. The van der Waals surface area contributed by atoms with Crippen molar-refractivity contribution in [3.05, 3.63) is 136 Å². The minimum Gasteiger partial charge on any atom is -0.497 e. The van der Waals surface area contributed by atoms with Gasteiger partial charge in [-0.15, -0.1) is 5.10 Å². The number of H-pyrrole nitrogens is 1. The smallest absolute Gasteiger partial charge is 0.253 e. The summed E-state index contributed by atoms with van der Waals surface area (Å²) in [6, 6.07) is 23.0. The average molecular weight is 562 g/mol. The third-order valence-electron chi connectivity index (χ3n) is 7.35. The van der Waals surface area contributed by atoms with Crippen LogP contribution in [0.3, 0.4) is 0 Å². The van der Waals surface area contributed by atoms with E-state index in [2.05, 4.69) is 43.4 Å². The Bertz CT molecular complexity index is 1810. The Morgan fingerprint density at radius 1 is 1.00 bits per heavy atom. The highest BCUT2D eigenvalue weighted by atomic mass is 16.5. The maximum absolute atomic E-state index is 13.8. The number of ether oxygens (including phenoxy) is 1. The van der Waals surface area contributed by atoms with Gasteiger partial charge in [-0.3, -0.25) is 14.7 Å². The first-order chi connectivity index (χ1) is 20.6. The van der Waals surface area contributed by atoms with Crippen LogP contribution < -0.4 is 10.3 Å². The van der Waals surface area contributed by atoms with Crippen LogP contribution in [-0.4, -0.2) is 42.2 Å². The molecule has 0 spiro atoms. The first kappa shape index (κ1) is 27.1. The van der Waals surface area contributed by atoms with Crippen LogP contribution in [0.1, 0.15) is 46.8 Å². The van der Waals surface area contributed by atoms with Crippen molar-refractivity contribution in [1.29, 1.82) is 0 Å². The lowest BCUT2D eigenvalue weighted by Crippen LogP contribution is -2.35. The van der Waals surface area contributed by atoms with Crippen molar-refractivity contribution in [2.75, 3.05) is 7.11 Å². The number of benzene rings is 2. The van der Waals surface area contributed by atoms with Gasteiger partial charge in [0.05, 0.1) is 13.4 Å². The van der Waals surface area contributed by atoms with Crippen LogP contribution in [-0.2, 0) is 26.1 Å². The monoisotopic (exact) mass is 561 g/mol. The molecular formula is C32H31N7O3. The minimum atomic E-state index is -0.601. The van der Waals surface area contributed by atoms with Gasteiger partial charge in [-0.05, 0) is 87.5 Å². The summed E-state index contributed by atoms with van der Waals surface area (Å²) in [5.74, 6) is 2.01. The zero-order valence-corrected chi connectivity index (χ0v) is 23.5. The van der Waals surface area contributed by atoms with Crippen LogP contribution in [0.4, 0.5) is 0 Å². The van der Waals surface area contributed by atoms with Gasteiger partial charge in [0.1, 0.15) is 24.1 Å². The Morgan fingerprint density at radius 2 is 1.83 bits per heavy atom. The van der Waals surface area contributed by atoms with Crippen LogP contribution >= 0.6 is 0 Å². The molecule has 0 unspecified atom stereocenters. The Balaban J connectivity index is 1.52. The van der Waals surface area contributed by atoms with Gasteiger partial charge >= 0.3 is 0 Å². The minimum absolute atomic E-state index is 0.199. The van der Waals surface area contributed by atoms with E-state index in [9.17, 15) is 4.79 Å². The summed E-state index contributed by atoms with van der Waals surface area (Å²) >= 11 is 0. The molecule has 42 heavy (non-hydrogen) atoms.